The molecule has 3 rings (SSSR count). The van der Waals surface area contributed by atoms with Crippen molar-refractivity contribution in [2.45, 2.75) is 32.5 Å². The molecule has 0 saturated carbocycles. The van der Waals surface area contributed by atoms with Crippen molar-refractivity contribution in [1.82, 2.24) is 14.7 Å². The summed E-state index contributed by atoms with van der Waals surface area (Å²) in [5.41, 5.74) is 2.29. The Hall–Kier alpha value is -1.95. The number of hydrogen-bond acceptors (Lipinski definition) is 4. The van der Waals surface area contributed by atoms with E-state index >= 15 is 0 Å². The molecule has 3 aromatic rings. The molecule has 24 heavy (non-hydrogen) atoms. The quantitative estimate of drug-likeness (QED) is 0.679. The summed E-state index contributed by atoms with van der Waals surface area (Å²) in [6.45, 7) is 3.98. The fourth-order valence-electron chi connectivity index (χ4n) is 2.87. The summed E-state index contributed by atoms with van der Waals surface area (Å²) in [4.78, 5) is 3.68. The van der Waals surface area contributed by atoms with Crippen molar-refractivity contribution in [3.63, 3.8) is 0 Å². The normalized spacial score (nSPS) is 12.6. The lowest BCUT2D eigenvalue weighted by molar-refractivity contribution is 0.107. The molecule has 0 unspecified atom stereocenters. The van der Waals surface area contributed by atoms with Crippen LogP contribution in [0.5, 0.6) is 0 Å². The maximum Gasteiger partial charge on any atom is 0.0648 e. The van der Waals surface area contributed by atoms with E-state index in [1.807, 2.05) is 16.9 Å². The summed E-state index contributed by atoms with van der Waals surface area (Å²) < 4.78 is 1.87. The zero-order chi connectivity index (χ0) is 16.8. The Bertz CT molecular complexity index is 721. The van der Waals surface area contributed by atoms with Crippen LogP contribution >= 0.6 is 11.3 Å². The van der Waals surface area contributed by atoms with E-state index in [9.17, 15) is 5.11 Å². The number of benzene rings is 1. The third kappa shape index (κ3) is 4.12. The van der Waals surface area contributed by atoms with E-state index in [-0.39, 0.29) is 12.6 Å². The smallest absolute Gasteiger partial charge is 0.0648 e. The third-order valence-electron chi connectivity index (χ3n) is 4.20. The summed E-state index contributed by atoms with van der Waals surface area (Å²) in [6, 6.07) is 14.8. The molecule has 2 aromatic heterocycles. The highest BCUT2D eigenvalue weighted by molar-refractivity contribution is 7.09. The zero-order valence-corrected chi connectivity index (χ0v) is 14.7. The fourth-order valence-corrected chi connectivity index (χ4v) is 3.60. The lowest BCUT2D eigenvalue weighted by Gasteiger charge is -2.29. The maximum atomic E-state index is 9.76. The van der Waals surface area contributed by atoms with Crippen LogP contribution in [-0.2, 0) is 13.1 Å². The van der Waals surface area contributed by atoms with Gasteiger partial charge in [0.25, 0.3) is 0 Å². The van der Waals surface area contributed by atoms with Gasteiger partial charge in [0.15, 0.2) is 0 Å². The number of nitrogens with zero attached hydrogens (tertiary/aromatic N) is 3. The number of aromatic nitrogens is 2. The first-order valence-corrected chi connectivity index (χ1v) is 9.14. The fraction of sp³-hybridized carbons (Fsp3) is 0.316. The lowest BCUT2D eigenvalue weighted by Crippen LogP contribution is -2.36. The Balaban J connectivity index is 1.80. The molecule has 0 saturated heterocycles. The molecule has 0 radical (unpaired) electrons. The van der Waals surface area contributed by atoms with Crippen molar-refractivity contribution in [2.24, 2.45) is 0 Å². The average molecular weight is 341 g/mol. The molecular formula is C19H23N3OS. The molecular weight excluding hydrogens is 318 g/mol. The van der Waals surface area contributed by atoms with E-state index in [4.69, 9.17) is 0 Å². The standard InChI is InChI=1S/C19H23N3OS/c1-2-17(15-23)21(14-19-8-4-11-24-19)13-16-6-3-7-18(12-16)22-10-5-9-20-22/h3-12,17,23H,2,13-15H2,1H3/t17-/m0/s1. The van der Waals surface area contributed by atoms with Crippen molar-refractivity contribution < 1.29 is 5.11 Å². The van der Waals surface area contributed by atoms with E-state index in [2.05, 4.69) is 58.7 Å². The number of aliphatic hydroxyl groups is 1. The van der Waals surface area contributed by atoms with Crippen LogP contribution in [0.1, 0.15) is 23.8 Å². The van der Waals surface area contributed by atoms with Gasteiger partial charge < -0.3 is 5.11 Å². The van der Waals surface area contributed by atoms with Crippen LogP contribution in [-0.4, -0.2) is 32.4 Å². The van der Waals surface area contributed by atoms with Gasteiger partial charge in [-0.1, -0.05) is 25.1 Å². The second-order valence-corrected chi connectivity index (χ2v) is 6.88. The van der Waals surface area contributed by atoms with Gasteiger partial charge in [0.05, 0.1) is 12.3 Å². The summed E-state index contributed by atoms with van der Waals surface area (Å²) in [5, 5.41) is 16.2. The molecule has 0 aliphatic heterocycles. The van der Waals surface area contributed by atoms with Crippen LogP contribution in [0.3, 0.4) is 0 Å². The van der Waals surface area contributed by atoms with Crippen molar-refractivity contribution in [2.75, 3.05) is 6.61 Å². The molecule has 2 heterocycles. The number of hydrogen-bond donors (Lipinski definition) is 1. The minimum Gasteiger partial charge on any atom is -0.395 e. The topological polar surface area (TPSA) is 41.3 Å². The summed E-state index contributed by atoms with van der Waals surface area (Å²) in [7, 11) is 0. The highest BCUT2D eigenvalue weighted by Crippen LogP contribution is 2.19. The van der Waals surface area contributed by atoms with E-state index in [1.54, 1.807) is 17.5 Å². The van der Waals surface area contributed by atoms with Gasteiger partial charge in [0.2, 0.25) is 0 Å². The average Bonchev–Trinajstić information content (AvgIpc) is 3.30. The van der Waals surface area contributed by atoms with Crippen LogP contribution < -0.4 is 0 Å². The SMILES string of the molecule is CC[C@@H](CO)N(Cc1cccc(-n2cccn2)c1)Cc1cccs1. The van der Waals surface area contributed by atoms with E-state index in [0.29, 0.717) is 0 Å². The second-order valence-electron chi connectivity index (χ2n) is 5.85. The van der Waals surface area contributed by atoms with Gasteiger partial charge in [-0.2, -0.15) is 5.10 Å². The Morgan fingerprint density at radius 3 is 2.79 bits per heavy atom. The molecule has 0 aliphatic rings. The maximum absolute atomic E-state index is 9.76. The third-order valence-corrected chi connectivity index (χ3v) is 5.06. The monoisotopic (exact) mass is 341 g/mol. The molecule has 126 valence electrons. The molecule has 1 N–H and O–H groups in total. The second kappa shape index (κ2) is 8.24. The summed E-state index contributed by atoms with van der Waals surface area (Å²) in [5.74, 6) is 0. The highest BCUT2D eigenvalue weighted by Gasteiger charge is 2.17. The van der Waals surface area contributed by atoms with Crippen molar-refractivity contribution in [3.8, 4) is 5.69 Å². The van der Waals surface area contributed by atoms with Gasteiger partial charge in [0.1, 0.15) is 0 Å². The molecule has 1 aromatic carbocycles. The molecule has 0 bridgehead atoms. The first kappa shape index (κ1) is 16.9. The van der Waals surface area contributed by atoms with Crippen LogP contribution in [0.15, 0.2) is 60.2 Å². The molecule has 0 amide bonds. The molecule has 4 nitrogen and oxygen atoms in total. The Morgan fingerprint density at radius 2 is 2.12 bits per heavy atom. The first-order chi connectivity index (χ1) is 11.8. The Labute approximate surface area is 147 Å². The minimum absolute atomic E-state index is 0.167. The van der Waals surface area contributed by atoms with Gasteiger partial charge in [-0.25, -0.2) is 4.68 Å². The van der Waals surface area contributed by atoms with Crippen LogP contribution in [0, 0.1) is 0 Å². The van der Waals surface area contributed by atoms with Gasteiger partial charge in [-0.15, -0.1) is 11.3 Å². The predicted molar refractivity (Wildman–Crippen MR) is 98.3 cm³/mol. The van der Waals surface area contributed by atoms with Crippen molar-refractivity contribution >= 4 is 11.3 Å². The zero-order valence-electron chi connectivity index (χ0n) is 13.9. The predicted octanol–water partition coefficient (Wildman–Crippen LogP) is 3.71. The van der Waals surface area contributed by atoms with Gasteiger partial charge in [-0.05, 0) is 41.6 Å². The van der Waals surface area contributed by atoms with Crippen molar-refractivity contribution in [1.29, 1.82) is 0 Å². The largest absolute Gasteiger partial charge is 0.395 e. The summed E-state index contributed by atoms with van der Waals surface area (Å²) in [6.07, 6.45) is 4.67. The van der Waals surface area contributed by atoms with Gasteiger partial charge in [0, 0.05) is 36.4 Å². The summed E-state index contributed by atoms with van der Waals surface area (Å²) >= 11 is 1.76. The molecule has 1 atom stereocenters. The van der Waals surface area contributed by atoms with E-state index in [1.165, 1.54) is 10.4 Å². The van der Waals surface area contributed by atoms with Crippen LogP contribution in [0.2, 0.25) is 0 Å². The van der Waals surface area contributed by atoms with Gasteiger partial charge >= 0.3 is 0 Å². The Kier molecular flexibility index (Phi) is 5.80. The highest BCUT2D eigenvalue weighted by atomic mass is 32.1. The Morgan fingerprint density at radius 1 is 1.21 bits per heavy atom. The molecule has 5 heteroatoms. The van der Waals surface area contributed by atoms with Crippen molar-refractivity contribution in [3.05, 3.63) is 70.7 Å². The minimum atomic E-state index is 0.167. The van der Waals surface area contributed by atoms with Gasteiger partial charge in [-0.3, -0.25) is 4.90 Å². The van der Waals surface area contributed by atoms with E-state index < -0.39 is 0 Å². The van der Waals surface area contributed by atoms with Crippen LogP contribution in [0.25, 0.3) is 5.69 Å². The number of rotatable bonds is 8. The molecule has 0 spiro atoms. The first-order valence-electron chi connectivity index (χ1n) is 8.26. The molecule has 0 fully saturated rings. The van der Waals surface area contributed by atoms with E-state index in [0.717, 1.165) is 25.2 Å². The molecule has 0 aliphatic carbocycles. The van der Waals surface area contributed by atoms with Crippen LogP contribution in [0.4, 0.5) is 0 Å². The lowest BCUT2D eigenvalue weighted by atomic mass is 10.1. The number of thiophene rings is 1. The number of aliphatic hydroxyl groups excluding tert-OH is 1.